The van der Waals surface area contributed by atoms with Crippen LogP contribution in [0.4, 0.5) is 0 Å². The van der Waals surface area contributed by atoms with E-state index in [4.69, 9.17) is 9.97 Å². The predicted molar refractivity (Wildman–Crippen MR) is 216 cm³/mol. The van der Waals surface area contributed by atoms with Crippen LogP contribution in [0.5, 0.6) is 0 Å². The van der Waals surface area contributed by atoms with Crippen molar-refractivity contribution in [1.29, 1.82) is 5.26 Å². The summed E-state index contributed by atoms with van der Waals surface area (Å²) in [4.78, 5) is 10.4. The Hall–Kier alpha value is -6.87. The maximum absolute atomic E-state index is 9.83. The highest BCUT2D eigenvalue weighted by Gasteiger charge is 2.20. The zero-order chi connectivity index (χ0) is 34.6. The zero-order valence-corrected chi connectivity index (χ0v) is 28.7. The molecule has 0 radical (unpaired) electrons. The van der Waals surface area contributed by atoms with E-state index in [0.717, 1.165) is 55.9 Å². The molecule has 4 nitrogen and oxygen atoms in total. The van der Waals surface area contributed by atoms with Crippen LogP contribution >= 0.6 is 11.3 Å². The summed E-state index contributed by atoms with van der Waals surface area (Å²) in [7, 11) is 0. The zero-order valence-electron chi connectivity index (χ0n) is 27.9. The Morgan fingerprint density at radius 1 is 0.481 bits per heavy atom. The maximum Gasteiger partial charge on any atom is 0.160 e. The Balaban J connectivity index is 1.28. The summed E-state index contributed by atoms with van der Waals surface area (Å²) < 4.78 is 4.95. The minimum absolute atomic E-state index is 0.613. The summed E-state index contributed by atoms with van der Waals surface area (Å²) >= 11 is 1.85. The van der Waals surface area contributed by atoms with Gasteiger partial charge in [-0.1, -0.05) is 115 Å². The van der Waals surface area contributed by atoms with Gasteiger partial charge in [-0.15, -0.1) is 11.3 Å². The Morgan fingerprint density at radius 3 is 1.88 bits per heavy atom. The molecule has 242 valence electrons. The number of benzene rings is 7. The average molecular weight is 681 g/mol. The van der Waals surface area contributed by atoms with Gasteiger partial charge in [0.05, 0.1) is 34.1 Å². The largest absolute Gasteiger partial charge is 0.309 e. The molecule has 0 spiro atoms. The van der Waals surface area contributed by atoms with Crippen LogP contribution in [0.1, 0.15) is 5.56 Å². The van der Waals surface area contributed by atoms with Crippen LogP contribution in [-0.4, -0.2) is 14.5 Å². The van der Waals surface area contributed by atoms with Crippen molar-refractivity contribution in [2.75, 3.05) is 0 Å². The third-order valence-corrected chi connectivity index (χ3v) is 11.0. The Bertz CT molecular complexity index is 2970. The number of aromatic nitrogens is 3. The number of para-hydroxylation sites is 1. The molecule has 0 aliphatic rings. The van der Waals surface area contributed by atoms with E-state index in [-0.39, 0.29) is 0 Å². The number of rotatable bonds is 5. The fourth-order valence-electron chi connectivity index (χ4n) is 7.41. The van der Waals surface area contributed by atoms with Gasteiger partial charge < -0.3 is 4.57 Å². The van der Waals surface area contributed by atoms with Gasteiger partial charge in [-0.25, -0.2) is 9.97 Å². The predicted octanol–water partition coefficient (Wildman–Crippen LogP) is 12.5. The first-order valence-corrected chi connectivity index (χ1v) is 18.0. The summed E-state index contributed by atoms with van der Waals surface area (Å²) in [5.41, 5.74) is 10.5. The lowest BCUT2D eigenvalue weighted by Gasteiger charge is -2.15. The lowest BCUT2D eigenvalue weighted by atomic mass is 9.99. The molecule has 0 bridgehead atoms. The fraction of sp³-hybridized carbons (Fsp3) is 0. The van der Waals surface area contributed by atoms with Crippen LogP contribution in [-0.2, 0) is 0 Å². The van der Waals surface area contributed by atoms with Gasteiger partial charge >= 0.3 is 0 Å². The van der Waals surface area contributed by atoms with Crippen LogP contribution in [0.15, 0.2) is 170 Å². The number of hydrogen-bond donors (Lipinski definition) is 0. The molecule has 10 rings (SSSR count). The first-order chi connectivity index (χ1) is 25.7. The second kappa shape index (κ2) is 12.2. The SMILES string of the molecule is N#Cc1cccc(-c2cc(-c3nc(-c4ccccc4)cc(-c4ccccc4)n3)cc(-n3c4ccccc4c4c5sc6ccccc6c5ccc43)c2)c1. The molecule has 3 aromatic heterocycles. The highest BCUT2D eigenvalue weighted by Crippen LogP contribution is 2.44. The van der Waals surface area contributed by atoms with Crippen molar-refractivity contribution in [2.24, 2.45) is 0 Å². The lowest BCUT2D eigenvalue weighted by Crippen LogP contribution is -1.99. The van der Waals surface area contributed by atoms with Crippen molar-refractivity contribution in [3.63, 3.8) is 0 Å². The highest BCUT2D eigenvalue weighted by molar-refractivity contribution is 7.26. The molecule has 0 aliphatic carbocycles. The van der Waals surface area contributed by atoms with Crippen LogP contribution in [0.3, 0.4) is 0 Å². The van der Waals surface area contributed by atoms with Crippen LogP contribution in [0.2, 0.25) is 0 Å². The van der Waals surface area contributed by atoms with E-state index in [1.54, 1.807) is 0 Å². The molecular weight excluding hydrogens is 653 g/mol. The van der Waals surface area contributed by atoms with Crippen LogP contribution in [0, 0.1) is 11.3 Å². The topological polar surface area (TPSA) is 54.5 Å². The van der Waals surface area contributed by atoms with Gasteiger partial charge in [-0.2, -0.15) is 5.26 Å². The molecule has 0 saturated carbocycles. The van der Waals surface area contributed by atoms with Gasteiger partial charge in [0.25, 0.3) is 0 Å². The molecule has 52 heavy (non-hydrogen) atoms. The molecule has 0 fully saturated rings. The van der Waals surface area contributed by atoms with E-state index in [2.05, 4.69) is 126 Å². The fourth-order valence-corrected chi connectivity index (χ4v) is 8.67. The molecule has 0 aliphatic heterocycles. The van der Waals surface area contributed by atoms with Gasteiger partial charge in [0.1, 0.15) is 0 Å². The van der Waals surface area contributed by atoms with Gasteiger partial charge in [0.15, 0.2) is 5.82 Å². The van der Waals surface area contributed by atoms with Crippen molar-refractivity contribution in [2.45, 2.75) is 0 Å². The van der Waals surface area contributed by atoms with Gasteiger partial charge in [0, 0.05) is 53.3 Å². The molecule has 0 unspecified atom stereocenters. The van der Waals surface area contributed by atoms with Crippen LogP contribution < -0.4 is 0 Å². The normalized spacial score (nSPS) is 11.4. The smallest absolute Gasteiger partial charge is 0.160 e. The number of nitrogens with zero attached hydrogens (tertiary/aromatic N) is 4. The molecule has 5 heteroatoms. The number of fused-ring (bicyclic) bond motifs is 7. The Kier molecular flexibility index (Phi) is 7.02. The van der Waals surface area contributed by atoms with Gasteiger partial charge in [-0.05, 0) is 65.7 Å². The third-order valence-electron chi connectivity index (χ3n) is 9.80. The quantitative estimate of drug-likeness (QED) is 0.182. The van der Waals surface area contributed by atoms with E-state index in [1.807, 2.05) is 65.9 Å². The summed E-state index contributed by atoms with van der Waals surface area (Å²) in [6, 6.07) is 61.2. The van der Waals surface area contributed by atoms with E-state index in [0.29, 0.717) is 11.4 Å². The van der Waals surface area contributed by atoms with Crippen molar-refractivity contribution in [3.8, 4) is 56.8 Å². The van der Waals surface area contributed by atoms with E-state index in [1.165, 1.54) is 30.9 Å². The molecule has 0 N–H and O–H groups in total. The van der Waals surface area contributed by atoms with Crippen molar-refractivity contribution in [3.05, 3.63) is 175 Å². The Labute approximate surface area is 304 Å². The summed E-state index contributed by atoms with van der Waals surface area (Å²) in [5, 5.41) is 14.8. The van der Waals surface area contributed by atoms with Crippen LogP contribution in [0.25, 0.3) is 92.7 Å². The van der Waals surface area contributed by atoms with Gasteiger partial charge in [-0.3, -0.25) is 0 Å². The molecular formula is C47H28N4S. The first-order valence-electron chi connectivity index (χ1n) is 17.2. The summed E-state index contributed by atoms with van der Waals surface area (Å²) in [6.45, 7) is 0. The molecule has 7 aromatic carbocycles. The summed E-state index contributed by atoms with van der Waals surface area (Å²) in [5.74, 6) is 0.632. The van der Waals surface area contributed by atoms with E-state index < -0.39 is 0 Å². The van der Waals surface area contributed by atoms with Crippen molar-refractivity contribution >= 4 is 53.3 Å². The molecule has 0 saturated heterocycles. The van der Waals surface area contributed by atoms with E-state index in [9.17, 15) is 5.26 Å². The molecule has 3 heterocycles. The monoisotopic (exact) mass is 680 g/mol. The second-order valence-electron chi connectivity index (χ2n) is 12.9. The number of thiophene rings is 1. The lowest BCUT2D eigenvalue weighted by molar-refractivity contribution is 1.16. The number of hydrogen-bond acceptors (Lipinski definition) is 4. The average Bonchev–Trinajstić information content (AvgIpc) is 3.77. The molecule has 10 aromatic rings. The minimum atomic E-state index is 0.613. The minimum Gasteiger partial charge on any atom is -0.309 e. The third kappa shape index (κ3) is 4.97. The molecule has 0 amide bonds. The van der Waals surface area contributed by atoms with Gasteiger partial charge in [0.2, 0.25) is 0 Å². The van der Waals surface area contributed by atoms with Crippen molar-refractivity contribution in [1.82, 2.24) is 14.5 Å². The highest BCUT2D eigenvalue weighted by atomic mass is 32.1. The first kappa shape index (κ1) is 30.0. The second-order valence-corrected chi connectivity index (χ2v) is 14.0. The van der Waals surface area contributed by atoms with E-state index >= 15 is 0 Å². The summed E-state index contributed by atoms with van der Waals surface area (Å²) in [6.07, 6.45) is 0. The standard InChI is InChI=1S/C47H28N4S/c48-29-30-12-11-17-33(24-30)34-25-35(47-49-40(31-13-3-1-4-14-31)28-41(50-47)32-15-5-2-6-16-32)27-36(26-34)51-42-20-9-7-19-39(42)45-43(51)23-22-38-37-18-8-10-21-44(37)52-46(38)45/h1-28H. The van der Waals surface area contributed by atoms with Crippen molar-refractivity contribution < 1.29 is 0 Å². The Morgan fingerprint density at radius 2 is 1.13 bits per heavy atom. The number of nitriles is 1. The molecule has 0 atom stereocenters. The maximum atomic E-state index is 9.83.